The van der Waals surface area contributed by atoms with Crippen molar-refractivity contribution in [3.05, 3.63) is 83.0 Å². The summed E-state index contributed by atoms with van der Waals surface area (Å²) in [5.74, 6) is -2.44. The first-order valence-corrected chi connectivity index (χ1v) is 11.3. The Kier molecular flexibility index (Phi) is 10.9. The van der Waals surface area contributed by atoms with Gasteiger partial charge in [-0.15, -0.1) is 0 Å². The normalized spacial score (nSPS) is 13.0. The fourth-order valence-corrected chi connectivity index (χ4v) is 3.32. The summed E-state index contributed by atoms with van der Waals surface area (Å²) in [5.41, 5.74) is 0.933. The Morgan fingerprint density at radius 3 is 1.47 bits per heavy atom. The molecule has 0 radical (unpaired) electrons. The van der Waals surface area contributed by atoms with Gasteiger partial charge in [0.15, 0.2) is 5.78 Å². The number of rotatable bonds is 12. The van der Waals surface area contributed by atoms with E-state index < -0.39 is 29.9 Å². The van der Waals surface area contributed by atoms with Crippen LogP contribution in [0.4, 0.5) is 0 Å². The van der Waals surface area contributed by atoms with Crippen molar-refractivity contribution in [1.82, 2.24) is 0 Å². The predicted molar refractivity (Wildman–Crippen MR) is 131 cm³/mol. The highest BCUT2D eigenvalue weighted by atomic mass is 16.5. The number of allylic oxidation sites excluding steroid dienone is 2. The number of benzene rings is 2. The third-order valence-corrected chi connectivity index (χ3v) is 5.00. The van der Waals surface area contributed by atoms with Crippen molar-refractivity contribution in [3.63, 3.8) is 0 Å². The zero-order chi connectivity index (χ0) is 26.7. The Bertz CT molecular complexity index is 1050. The maximum Gasteiger partial charge on any atom is 0.330 e. The van der Waals surface area contributed by atoms with E-state index in [1.54, 1.807) is 26.0 Å². The van der Waals surface area contributed by atoms with Crippen molar-refractivity contribution in [2.24, 2.45) is 0 Å². The van der Waals surface area contributed by atoms with E-state index in [4.69, 9.17) is 9.47 Å². The van der Waals surface area contributed by atoms with Crippen molar-refractivity contribution >= 4 is 17.7 Å². The number of carbonyl (C=O) groups excluding carboxylic acids is 3. The van der Waals surface area contributed by atoms with Crippen LogP contribution in [0.15, 0.2) is 60.7 Å². The number of hydrogen-bond acceptors (Lipinski definition) is 9. The molecule has 192 valence electrons. The van der Waals surface area contributed by atoms with E-state index in [9.17, 15) is 34.8 Å². The third-order valence-electron chi connectivity index (χ3n) is 5.00. The summed E-state index contributed by atoms with van der Waals surface area (Å²) in [6, 6.07) is 8.48. The standard InChI is InChI=1S/C27H30O9/c1-3-5-25(32)35-15-19(28)11-17-7-9-21(23(30)13-17)27(34)22-10-8-18(14-24(22)31)12-20(29)16-36-26(33)6-4-2/h3-10,13-14,19-20,28-31H,11-12,15-16H2,1-2H3. The van der Waals surface area contributed by atoms with E-state index in [0.717, 1.165) is 0 Å². The van der Waals surface area contributed by atoms with E-state index in [1.165, 1.54) is 48.6 Å². The summed E-state index contributed by atoms with van der Waals surface area (Å²) >= 11 is 0. The molecule has 0 heterocycles. The summed E-state index contributed by atoms with van der Waals surface area (Å²) in [6.07, 6.45) is 3.65. The molecule has 2 unspecified atom stereocenters. The van der Waals surface area contributed by atoms with Crippen LogP contribution in [0.3, 0.4) is 0 Å². The SMILES string of the molecule is CC=CC(=O)OCC(O)Cc1ccc(C(=O)c2ccc(CC(O)COC(=O)C=CC)cc2O)c(O)c1. The van der Waals surface area contributed by atoms with Crippen LogP contribution in [-0.4, -0.2) is 63.6 Å². The monoisotopic (exact) mass is 498 g/mol. The van der Waals surface area contributed by atoms with Crippen molar-refractivity contribution in [2.75, 3.05) is 13.2 Å². The van der Waals surface area contributed by atoms with Gasteiger partial charge >= 0.3 is 11.9 Å². The van der Waals surface area contributed by atoms with Crippen LogP contribution < -0.4 is 0 Å². The molecule has 2 atom stereocenters. The number of ether oxygens (including phenoxy) is 2. The van der Waals surface area contributed by atoms with Crippen LogP contribution in [-0.2, 0) is 31.9 Å². The first kappa shape index (κ1) is 28.3. The molecule has 0 aromatic heterocycles. The highest BCUT2D eigenvalue weighted by molar-refractivity contribution is 6.12. The molecule has 0 spiro atoms. The molecule has 0 aliphatic rings. The zero-order valence-electron chi connectivity index (χ0n) is 20.1. The van der Waals surface area contributed by atoms with Gasteiger partial charge < -0.3 is 29.9 Å². The van der Waals surface area contributed by atoms with Gasteiger partial charge in [0, 0.05) is 25.0 Å². The van der Waals surface area contributed by atoms with Crippen LogP contribution in [0, 0.1) is 0 Å². The fraction of sp³-hybridized carbons (Fsp3) is 0.296. The smallest absolute Gasteiger partial charge is 0.330 e. The largest absolute Gasteiger partial charge is 0.507 e. The van der Waals surface area contributed by atoms with Gasteiger partial charge in [-0.1, -0.05) is 24.3 Å². The van der Waals surface area contributed by atoms with E-state index in [-0.39, 0.29) is 48.7 Å². The predicted octanol–water partition coefficient (Wildman–Crippen LogP) is 2.37. The molecule has 9 nitrogen and oxygen atoms in total. The van der Waals surface area contributed by atoms with Crippen molar-refractivity contribution in [1.29, 1.82) is 0 Å². The zero-order valence-corrected chi connectivity index (χ0v) is 20.1. The van der Waals surface area contributed by atoms with Crippen LogP contribution in [0.2, 0.25) is 0 Å². The van der Waals surface area contributed by atoms with E-state index in [0.29, 0.717) is 11.1 Å². The maximum absolute atomic E-state index is 12.9. The average Bonchev–Trinajstić information content (AvgIpc) is 2.82. The molecular weight excluding hydrogens is 468 g/mol. The minimum absolute atomic E-state index is 0.0493. The lowest BCUT2D eigenvalue weighted by atomic mass is 9.97. The number of ketones is 1. The molecule has 0 aliphatic heterocycles. The van der Waals surface area contributed by atoms with Gasteiger partial charge in [0.1, 0.15) is 24.7 Å². The number of aliphatic hydroxyl groups excluding tert-OH is 2. The van der Waals surface area contributed by atoms with Crippen molar-refractivity contribution in [2.45, 2.75) is 38.9 Å². The van der Waals surface area contributed by atoms with Crippen LogP contribution in [0.1, 0.15) is 40.9 Å². The maximum atomic E-state index is 12.9. The highest BCUT2D eigenvalue weighted by Crippen LogP contribution is 2.28. The minimum atomic E-state index is -1.00. The van der Waals surface area contributed by atoms with E-state index in [2.05, 4.69) is 0 Å². The molecule has 2 rings (SSSR count). The molecule has 0 aliphatic carbocycles. The summed E-state index contributed by atoms with van der Waals surface area (Å²) in [4.78, 5) is 35.6. The van der Waals surface area contributed by atoms with Gasteiger partial charge in [0.25, 0.3) is 0 Å². The summed E-state index contributed by atoms with van der Waals surface area (Å²) in [5, 5.41) is 40.8. The van der Waals surface area contributed by atoms with Crippen molar-refractivity contribution in [3.8, 4) is 11.5 Å². The number of phenols is 2. The Balaban J connectivity index is 2.02. The number of phenolic OH excluding ortho intramolecular Hbond substituents is 2. The van der Waals surface area contributed by atoms with Crippen LogP contribution in [0.25, 0.3) is 0 Å². The van der Waals surface area contributed by atoms with E-state index in [1.807, 2.05) is 0 Å². The highest BCUT2D eigenvalue weighted by Gasteiger charge is 2.19. The van der Waals surface area contributed by atoms with Gasteiger partial charge in [-0.25, -0.2) is 9.59 Å². The molecule has 2 aromatic rings. The molecule has 9 heteroatoms. The second kappa shape index (κ2) is 13.8. The summed E-state index contributed by atoms with van der Waals surface area (Å²) in [7, 11) is 0. The van der Waals surface area contributed by atoms with Gasteiger partial charge in [-0.2, -0.15) is 0 Å². The van der Waals surface area contributed by atoms with Gasteiger partial charge in [-0.05, 0) is 49.2 Å². The molecule has 0 amide bonds. The van der Waals surface area contributed by atoms with Crippen LogP contribution >= 0.6 is 0 Å². The van der Waals surface area contributed by atoms with Crippen molar-refractivity contribution < 1.29 is 44.3 Å². The summed E-state index contributed by atoms with van der Waals surface area (Å²) in [6.45, 7) is 2.88. The van der Waals surface area contributed by atoms with E-state index >= 15 is 0 Å². The first-order valence-electron chi connectivity index (χ1n) is 11.3. The molecule has 0 bridgehead atoms. The first-order chi connectivity index (χ1) is 17.1. The number of esters is 2. The molecule has 0 saturated carbocycles. The quantitative estimate of drug-likeness (QED) is 0.196. The number of aromatic hydroxyl groups is 2. The number of hydrogen-bond donors (Lipinski definition) is 4. The number of aliphatic hydroxyl groups is 2. The lowest BCUT2D eigenvalue weighted by Gasteiger charge is -2.13. The second-order valence-corrected chi connectivity index (χ2v) is 8.01. The molecule has 36 heavy (non-hydrogen) atoms. The Labute approximate surface area is 208 Å². The van der Waals surface area contributed by atoms with Gasteiger partial charge in [-0.3, -0.25) is 4.79 Å². The topological polar surface area (TPSA) is 151 Å². The lowest BCUT2D eigenvalue weighted by Crippen LogP contribution is -2.20. The summed E-state index contributed by atoms with van der Waals surface area (Å²) < 4.78 is 9.77. The lowest BCUT2D eigenvalue weighted by molar-refractivity contribution is -0.141. The van der Waals surface area contributed by atoms with Gasteiger partial charge in [0.05, 0.1) is 23.3 Å². The molecule has 2 aromatic carbocycles. The van der Waals surface area contributed by atoms with Crippen LogP contribution in [0.5, 0.6) is 11.5 Å². The molecule has 0 saturated heterocycles. The average molecular weight is 499 g/mol. The fourth-order valence-electron chi connectivity index (χ4n) is 3.32. The molecular formula is C27H30O9. The molecule has 4 N–H and O–H groups in total. The Hall–Kier alpha value is -3.95. The second-order valence-electron chi connectivity index (χ2n) is 8.01. The van der Waals surface area contributed by atoms with Gasteiger partial charge in [0.2, 0.25) is 0 Å². The third kappa shape index (κ3) is 8.68. The minimum Gasteiger partial charge on any atom is -0.507 e. The molecule has 0 fully saturated rings. The Morgan fingerprint density at radius 1 is 0.750 bits per heavy atom. The Morgan fingerprint density at radius 2 is 1.14 bits per heavy atom. The number of carbonyl (C=O) groups is 3.